The summed E-state index contributed by atoms with van der Waals surface area (Å²) in [5.41, 5.74) is 4.08. The molecule has 0 atom stereocenters. The van der Waals surface area contributed by atoms with Crippen LogP contribution in [0.1, 0.15) is 21.5 Å². The van der Waals surface area contributed by atoms with Crippen LogP contribution in [0.3, 0.4) is 0 Å². The molecule has 0 N–H and O–H groups in total. The van der Waals surface area contributed by atoms with Gasteiger partial charge in [0.15, 0.2) is 5.78 Å². The van der Waals surface area contributed by atoms with E-state index in [1.807, 2.05) is 69.5 Å². The van der Waals surface area contributed by atoms with E-state index in [2.05, 4.69) is 11.0 Å². The second-order valence-electron chi connectivity index (χ2n) is 8.59. The van der Waals surface area contributed by atoms with Gasteiger partial charge in [0, 0.05) is 28.7 Å². The van der Waals surface area contributed by atoms with Crippen molar-refractivity contribution < 1.29 is 9.53 Å². The van der Waals surface area contributed by atoms with Gasteiger partial charge in [-0.1, -0.05) is 65.7 Å². The summed E-state index contributed by atoms with van der Waals surface area (Å²) in [4.78, 5) is 17.5. The molecule has 0 bridgehead atoms. The monoisotopic (exact) mass is 496 g/mol. The summed E-state index contributed by atoms with van der Waals surface area (Å²) in [7, 11) is 8.00. The Morgan fingerprint density at radius 1 is 0.912 bits per heavy atom. The van der Waals surface area contributed by atoms with Gasteiger partial charge < -0.3 is 14.5 Å². The Morgan fingerprint density at radius 3 is 2.29 bits per heavy atom. The minimum absolute atomic E-state index is 0.149. The Kier molecular flexibility index (Phi) is 9.31. The number of likely N-dealkylation sites (N-methyl/N-ethyl adjacent to an activating group) is 1. The predicted octanol–water partition coefficient (Wildman–Crippen LogP) is 6.56. The van der Waals surface area contributed by atoms with Gasteiger partial charge in [0.2, 0.25) is 0 Å². The molecule has 0 fully saturated rings. The lowest BCUT2D eigenvalue weighted by molar-refractivity contribution is 0.104. The fraction of sp³-hybridized carbons (Fsp3) is 0.250. The summed E-state index contributed by atoms with van der Waals surface area (Å²) in [6.07, 6.45) is 3.46. The zero-order chi connectivity index (χ0) is 24.7. The molecule has 3 rings (SSSR count). The molecule has 0 radical (unpaired) electrons. The Labute approximate surface area is 212 Å². The maximum Gasteiger partial charge on any atom is 0.189 e. The van der Waals surface area contributed by atoms with Crippen molar-refractivity contribution >= 4 is 35.1 Å². The molecule has 0 amide bonds. The van der Waals surface area contributed by atoms with Crippen LogP contribution in [0.25, 0.3) is 17.2 Å². The van der Waals surface area contributed by atoms with Crippen molar-refractivity contribution in [1.82, 2.24) is 9.80 Å². The van der Waals surface area contributed by atoms with Gasteiger partial charge in [-0.25, -0.2) is 0 Å². The Bertz CT molecular complexity index is 1150. The molecule has 0 aliphatic rings. The number of hydrogen-bond acceptors (Lipinski definition) is 4. The van der Waals surface area contributed by atoms with Crippen molar-refractivity contribution in [2.45, 2.75) is 6.54 Å². The van der Waals surface area contributed by atoms with Crippen molar-refractivity contribution in [3.05, 3.63) is 93.5 Å². The first-order chi connectivity index (χ1) is 16.3. The molecule has 0 heterocycles. The van der Waals surface area contributed by atoms with E-state index < -0.39 is 0 Å². The maximum atomic E-state index is 13.4. The summed E-state index contributed by atoms with van der Waals surface area (Å²) in [5.74, 6) is 0.384. The average molecular weight is 497 g/mol. The van der Waals surface area contributed by atoms with Crippen LogP contribution in [0.5, 0.6) is 5.75 Å². The first-order valence-electron chi connectivity index (χ1n) is 11.1. The Hall–Kier alpha value is -2.63. The van der Waals surface area contributed by atoms with Crippen LogP contribution in [-0.4, -0.2) is 56.9 Å². The molecule has 0 saturated heterocycles. The van der Waals surface area contributed by atoms with E-state index in [0.29, 0.717) is 33.5 Å². The smallest absolute Gasteiger partial charge is 0.189 e. The van der Waals surface area contributed by atoms with Crippen LogP contribution in [-0.2, 0) is 6.54 Å². The molecule has 0 unspecified atom stereocenters. The van der Waals surface area contributed by atoms with Crippen LogP contribution in [0, 0.1) is 0 Å². The lowest BCUT2D eigenvalue weighted by Crippen LogP contribution is -2.20. The summed E-state index contributed by atoms with van der Waals surface area (Å²) in [6, 6.07) is 18.9. The second-order valence-corrected chi connectivity index (χ2v) is 9.41. The van der Waals surface area contributed by atoms with E-state index in [-0.39, 0.29) is 5.78 Å². The molecule has 0 aliphatic heterocycles. The van der Waals surface area contributed by atoms with Gasteiger partial charge >= 0.3 is 0 Å². The second kappa shape index (κ2) is 12.2. The van der Waals surface area contributed by atoms with E-state index >= 15 is 0 Å². The van der Waals surface area contributed by atoms with Crippen molar-refractivity contribution in [3.8, 4) is 16.9 Å². The zero-order valence-electron chi connectivity index (χ0n) is 20.0. The summed E-state index contributed by atoms with van der Waals surface area (Å²) >= 11 is 12.9. The average Bonchev–Trinajstić information content (AvgIpc) is 2.78. The summed E-state index contributed by atoms with van der Waals surface area (Å²) in [5, 5.41) is 1.06. The predicted molar refractivity (Wildman–Crippen MR) is 143 cm³/mol. The van der Waals surface area contributed by atoms with E-state index in [1.165, 1.54) is 0 Å². The van der Waals surface area contributed by atoms with Crippen LogP contribution < -0.4 is 4.74 Å². The highest BCUT2D eigenvalue weighted by molar-refractivity contribution is 6.39. The molecule has 6 heteroatoms. The molecular formula is C28H30Cl2N2O2. The van der Waals surface area contributed by atoms with Crippen LogP contribution in [0.2, 0.25) is 10.0 Å². The van der Waals surface area contributed by atoms with Crippen molar-refractivity contribution in [2.24, 2.45) is 0 Å². The molecule has 3 aromatic rings. The lowest BCUT2D eigenvalue weighted by Gasteiger charge is -2.15. The summed E-state index contributed by atoms with van der Waals surface area (Å²) < 4.78 is 5.98. The fourth-order valence-electron chi connectivity index (χ4n) is 3.55. The third-order valence-electron chi connectivity index (χ3n) is 5.25. The molecule has 0 aromatic heterocycles. The van der Waals surface area contributed by atoms with Gasteiger partial charge in [0.05, 0.1) is 5.56 Å². The van der Waals surface area contributed by atoms with E-state index in [9.17, 15) is 4.79 Å². The van der Waals surface area contributed by atoms with Gasteiger partial charge in [-0.3, -0.25) is 4.79 Å². The van der Waals surface area contributed by atoms with Crippen LogP contribution in [0.4, 0.5) is 0 Å². The first kappa shape index (κ1) is 26.0. The zero-order valence-corrected chi connectivity index (χ0v) is 21.5. The largest absolute Gasteiger partial charge is 0.491 e. The van der Waals surface area contributed by atoms with Crippen molar-refractivity contribution in [1.29, 1.82) is 0 Å². The number of nitrogens with zero attached hydrogens (tertiary/aromatic N) is 2. The molecule has 0 spiro atoms. The van der Waals surface area contributed by atoms with Gasteiger partial charge in [-0.05, 0) is 75.2 Å². The van der Waals surface area contributed by atoms with E-state index in [1.54, 1.807) is 30.3 Å². The molecule has 0 saturated carbocycles. The normalized spacial score (nSPS) is 11.5. The number of hydrogen-bond donors (Lipinski definition) is 0. The number of rotatable bonds is 10. The standard InChI is InChI=1S/C28H30Cl2N2O2/c1-31(2)16-17-34-27-15-13-21(28-24(29)10-7-11-25(28)30)18-23(27)26(33)14-12-20-8-5-6-9-22(20)19-32(3)4/h5-15,18H,16-17,19H2,1-4H3. The number of ketones is 1. The number of allylic oxidation sites excluding steroid dienone is 1. The SMILES string of the molecule is CN(C)CCOc1ccc(-c2c(Cl)cccc2Cl)cc1C(=O)C=Cc1ccccc1CN(C)C. The van der Waals surface area contributed by atoms with Crippen LogP contribution >= 0.6 is 23.2 Å². The minimum Gasteiger partial charge on any atom is -0.491 e. The highest BCUT2D eigenvalue weighted by Crippen LogP contribution is 2.37. The topological polar surface area (TPSA) is 32.8 Å². The van der Waals surface area contributed by atoms with Gasteiger partial charge in [-0.2, -0.15) is 0 Å². The summed E-state index contributed by atoms with van der Waals surface area (Å²) in [6.45, 7) is 1.99. The van der Waals surface area contributed by atoms with Gasteiger partial charge in [0.1, 0.15) is 12.4 Å². The lowest BCUT2D eigenvalue weighted by atomic mass is 9.99. The van der Waals surface area contributed by atoms with Crippen LogP contribution in [0.15, 0.2) is 66.7 Å². The van der Waals surface area contributed by atoms with Gasteiger partial charge in [0.25, 0.3) is 0 Å². The third-order valence-corrected chi connectivity index (χ3v) is 5.88. The first-order valence-corrected chi connectivity index (χ1v) is 11.8. The Balaban J connectivity index is 1.98. The number of ether oxygens (including phenoxy) is 1. The number of benzene rings is 3. The molecule has 0 aliphatic carbocycles. The number of halogens is 2. The molecule has 178 valence electrons. The van der Waals surface area contributed by atoms with Gasteiger partial charge in [-0.15, -0.1) is 0 Å². The van der Waals surface area contributed by atoms with Crippen molar-refractivity contribution in [3.63, 3.8) is 0 Å². The van der Waals surface area contributed by atoms with Crippen molar-refractivity contribution in [2.75, 3.05) is 41.3 Å². The Morgan fingerprint density at radius 2 is 1.62 bits per heavy atom. The number of carbonyl (C=O) groups excluding carboxylic acids is 1. The third kappa shape index (κ3) is 6.94. The number of carbonyl (C=O) groups is 1. The molecular weight excluding hydrogens is 467 g/mol. The molecule has 34 heavy (non-hydrogen) atoms. The van der Waals surface area contributed by atoms with E-state index in [4.69, 9.17) is 27.9 Å². The highest BCUT2D eigenvalue weighted by Gasteiger charge is 2.16. The maximum absolute atomic E-state index is 13.4. The highest BCUT2D eigenvalue weighted by atomic mass is 35.5. The molecule has 3 aromatic carbocycles. The quantitative estimate of drug-likeness (QED) is 0.235. The fourth-order valence-corrected chi connectivity index (χ4v) is 4.17. The van der Waals surface area contributed by atoms with E-state index in [0.717, 1.165) is 29.8 Å². The molecule has 4 nitrogen and oxygen atoms in total. The minimum atomic E-state index is -0.149.